The fourth-order valence-corrected chi connectivity index (χ4v) is 2.12. The number of aromatic nitrogens is 2. The van der Waals surface area contributed by atoms with Gasteiger partial charge in [-0.05, 0) is 18.2 Å². The predicted octanol–water partition coefficient (Wildman–Crippen LogP) is 0.660. The summed E-state index contributed by atoms with van der Waals surface area (Å²) < 4.78 is 2.14. The molecule has 0 fully saturated rings. The summed E-state index contributed by atoms with van der Waals surface area (Å²) in [6.07, 6.45) is 0. The van der Waals surface area contributed by atoms with Gasteiger partial charge in [-0.2, -0.15) is 0 Å². The Bertz CT molecular complexity index is 578. The second-order valence-electron chi connectivity index (χ2n) is 3.94. The summed E-state index contributed by atoms with van der Waals surface area (Å²) in [5.41, 5.74) is 7.61. The van der Waals surface area contributed by atoms with Gasteiger partial charge in [-0.3, -0.25) is 4.79 Å². The average Bonchev–Trinajstić information content (AvgIpc) is 2.66. The van der Waals surface area contributed by atoms with Crippen LogP contribution in [0.15, 0.2) is 18.2 Å². The second-order valence-corrected chi connectivity index (χ2v) is 3.94. The number of hydrogen-bond acceptors (Lipinski definition) is 3. The van der Waals surface area contributed by atoms with Crippen LogP contribution in [0, 0.1) is 0 Å². The highest BCUT2D eigenvalue weighted by Gasteiger charge is 2.14. The lowest BCUT2D eigenvalue weighted by Gasteiger charge is -2.16. The van der Waals surface area contributed by atoms with E-state index in [9.17, 15) is 4.79 Å². The summed E-state index contributed by atoms with van der Waals surface area (Å²) in [4.78, 5) is 15.4. The summed E-state index contributed by atoms with van der Waals surface area (Å²) in [5.74, 6) is -0.480. The molecule has 1 aliphatic heterocycles. The van der Waals surface area contributed by atoms with Crippen LogP contribution in [0.1, 0.15) is 16.2 Å². The topological polar surface area (TPSA) is 72.9 Å². The van der Waals surface area contributed by atoms with Crippen LogP contribution in [-0.4, -0.2) is 22.0 Å². The maximum absolute atomic E-state index is 11.1. The van der Waals surface area contributed by atoms with Crippen LogP contribution < -0.4 is 11.1 Å². The molecule has 0 radical (unpaired) electrons. The Morgan fingerprint density at radius 3 is 3.06 bits per heavy atom. The molecule has 1 amide bonds. The molecule has 5 nitrogen and oxygen atoms in total. The third-order valence-corrected chi connectivity index (χ3v) is 2.90. The number of hydrogen-bond donors (Lipinski definition) is 2. The first kappa shape index (κ1) is 11.9. The van der Waals surface area contributed by atoms with Crippen molar-refractivity contribution in [3.63, 3.8) is 0 Å². The first-order valence-corrected chi connectivity index (χ1v) is 5.25. The predicted molar refractivity (Wildman–Crippen MR) is 67.2 cm³/mol. The van der Waals surface area contributed by atoms with E-state index in [4.69, 9.17) is 5.73 Å². The SMILES string of the molecule is Cl.NC(=O)c1ccc2cc3n(c2n1)CCNC3. The average molecular weight is 253 g/mol. The number of carbonyl (C=O) groups excluding carboxylic acids is 1. The van der Waals surface area contributed by atoms with Gasteiger partial charge in [0.1, 0.15) is 11.3 Å². The molecule has 17 heavy (non-hydrogen) atoms. The summed E-state index contributed by atoms with van der Waals surface area (Å²) in [6.45, 7) is 2.66. The van der Waals surface area contributed by atoms with E-state index in [-0.39, 0.29) is 12.4 Å². The maximum Gasteiger partial charge on any atom is 0.267 e. The molecule has 0 aliphatic carbocycles. The number of pyridine rings is 1. The largest absolute Gasteiger partial charge is 0.364 e. The van der Waals surface area contributed by atoms with E-state index in [2.05, 4.69) is 20.9 Å². The first-order valence-electron chi connectivity index (χ1n) is 5.25. The lowest BCUT2D eigenvalue weighted by Crippen LogP contribution is -2.27. The van der Waals surface area contributed by atoms with E-state index in [1.54, 1.807) is 6.07 Å². The lowest BCUT2D eigenvalue weighted by molar-refractivity contribution is 0.0996. The number of nitrogens with zero attached hydrogens (tertiary/aromatic N) is 2. The third-order valence-electron chi connectivity index (χ3n) is 2.90. The van der Waals surface area contributed by atoms with Gasteiger partial charge in [0.05, 0.1) is 0 Å². The van der Waals surface area contributed by atoms with Gasteiger partial charge in [0.15, 0.2) is 0 Å². The molecular formula is C11H13ClN4O. The van der Waals surface area contributed by atoms with Gasteiger partial charge in [-0.25, -0.2) is 4.98 Å². The number of fused-ring (bicyclic) bond motifs is 3. The van der Waals surface area contributed by atoms with Crippen LogP contribution >= 0.6 is 12.4 Å². The van der Waals surface area contributed by atoms with Crippen molar-refractivity contribution in [2.75, 3.05) is 6.54 Å². The number of halogens is 1. The van der Waals surface area contributed by atoms with Crippen LogP contribution in [0.25, 0.3) is 11.0 Å². The summed E-state index contributed by atoms with van der Waals surface area (Å²) in [6, 6.07) is 5.66. The molecule has 0 saturated carbocycles. The highest BCUT2D eigenvalue weighted by molar-refractivity contribution is 5.93. The molecule has 0 aromatic carbocycles. The monoisotopic (exact) mass is 252 g/mol. The molecule has 0 unspecified atom stereocenters. The molecule has 0 spiro atoms. The van der Waals surface area contributed by atoms with E-state index in [1.165, 1.54) is 5.69 Å². The van der Waals surface area contributed by atoms with E-state index < -0.39 is 5.91 Å². The van der Waals surface area contributed by atoms with Crippen molar-refractivity contribution in [2.45, 2.75) is 13.1 Å². The standard InChI is InChI=1S/C11H12N4O.ClH/c12-10(16)9-2-1-7-5-8-6-13-3-4-15(8)11(7)14-9;/h1-2,5,13H,3-4,6H2,(H2,12,16);1H. The number of nitrogens with one attached hydrogen (secondary N) is 1. The van der Waals surface area contributed by atoms with E-state index >= 15 is 0 Å². The van der Waals surface area contributed by atoms with Gasteiger partial charge in [0.25, 0.3) is 5.91 Å². The zero-order valence-electron chi connectivity index (χ0n) is 9.14. The van der Waals surface area contributed by atoms with Crippen LogP contribution in [0.3, 0.4) is 0 Å². The van der Waals surface area contributed by atoms with Crippen molar-refractivity contribution in [3.05, 3.63) is 29.6 Å². The van der Waals surface area contributed by atoms with Gasteiger partial charge < -0.3 is 15.6 Å². The van der Waals surface area contributed by atoms with Crippen LogP contribution in [0.2, 0.25) is 0 Å². The number of carbonyl (C=O) groups is 1. The van der Waals surface area contributed by atoms with E-state index in [0.717, 1.165) is 30.7 Å². The molecular weight excluding hydrogens is 240 g/mol. The van der Waals surface area contributed by atoms with Crippen molar-refractivity contribution in [3.8, 4) is 0 Å². The number of primary amides is 1. The van der Waals surface area contributed by atoms with Crippen LogP contribution in [-0.2, 0) is 13.1 Å². The lowest BCUT2D eigenvalue weighted by atomic mass is 10.3. The van der Waals surface area contributed by atoms with Gasteiger partial charge in [0.2, 0.25) is 0 Å². The highest BCUT2D eigenvalue weighted by Crippen LogP contribution is 2.20. The number of amides is 1. The van der Waals surface area contributed by atoms with Crippen molar-refractivity contribution in [2.24, 2.45) is 5.73 Å². The van der Waals surface area contributed by atoms with Gasteiger partial charge in [-0.1, -0.05) is 0 Å². The quantitative estimate of drug-likeness (QED) is 0.783. The first-order chi connectivity index (χ1) is 7.75. The van der Waals surface area contributed by atoms with Crippen LogP contribution in [0.4, 0.5) is 0 Å². The van der Waals surface area contributed by atoms with E-state index in [1.807, 2.05) is 6.07 Å². The Balaban J connectivity index is 0.00000108. The molecule has 3 heterocycles. The van der Waals surface area contributed by atoms with Crippen molar-refractivity contribution in [1.82, 2.24) is 14.9 Å². The molecule has 1 aliphatic rings. The number of rotatable bonds is 1. The van der Waals surface area contributed by atoms with Gasteiger partial charge in [-0.15, -0.1) is 12.4 Å². The van der Waals surface area contributed by atoms with Crippen LogP contribution in [0.5, 0.6) is 0 Å². The van der Waals surface area contributed by atoms with E-state index in [0.29, 0.717) is 5.69 Å². The zero-order valence-corrected chi connectivity index (χ0v) is 9.96. The Morgan fingerprint density at radius 1 is 1.47 bits per heavy atom. The normalized spacial score (nSPS) is 14.1. The molecule has 0 atom stereocenters. The Labute approximate surface area is 104 Å². The third kappa shape index (κ3) is 1.87. The molecule has 3 rings (SSSR count). The molecule has 0 saturated heterocycles. The van der Waals surface area contributed by atoms with Gasteiger partial charge >= 0.3 is 0 Å². The maximum atomic E-state index is 11.1. The summed E-state index contributed by atoms with van der Waals surface area (Å²) in [7, 11) is 0. The molecule has 90 valence electrons. The minimum absolute atomic E-state index is 0. The summed E-state index contributed by atoms with van der Waals surface area (Å²) in [5, 5.41) is 4.36. The Morgan fingerprint density at radius 2 is 2.29 bits per heavy atom. The summed E-state index contributed by atoms with van der Waals surface area (Å²) >= 11 is 0. The molecule has 2 aromatic heterocycles. The van der Waals surface area contributed by atoms with Gasteiger partial charge in [0, 0.05) is 30.7 Å². The molecule has 2 aromatic rings. The highest BCUT2D eigenvalue weighted by atomic mass is 35.5. The minimum Gasteiger partial charge on any atom is -0.364 e. The molecule has 3 N–H and O–H groups in total. The van der Waals surface area contributed by atoms with Crippen molar-refractivity contribution >= 4 is 29.3 Å². The fraction of sp³-hybridized carbons (Fsp3) is 0.273. The Kier molecular flexibility index (Phi) is 3.04. The van der Waals surface area contributed by atoms with Crippen molar-refractivity contribution in [1.29, 1.82) is 0 Å². The molecule has 0 bridgehead atoms. The second kappa shape index (κ2) is 4.35. The number of nitrogens with two attached hydrogens (primary N) is 1. The van der Waals surface area contributed by atoms with Crippen molar-refractivity contribution < 1.29 is 4.79 Å². The molecule has 6 heteroatoms. The smallest absolute Gasteiger partial charge is 0.267 e. The fourth-order valence-electron chi connectivity index (χ4n) is 2.12. The minimum atomic E-state index is -0.480. The Hall–Kier alpha value is -1.59. The zero-order chi connectivity index (χ0) is 11.1.